The van der Waals surface area contributed by atoms with Crippen molar-refractivity contribution in [2.24, 2.45) is 16.3 Å². The first-order valence-corrected chi connectivity index (χ1v) is 9.33. The van der Waals surface area contributed by atoms with E-state index >= 15 is 0 Å². The number of rotatable bonds is 2. The van der Waals surface area contributed by atoms with E-state index in [1.54, 1.807) is 29.7 Å². The van der Waals surface area contributed by atoms with Gasteiger partial charge in [-0.2, -0.15) is 10.5 Å². The van der Waals surface area contributed by atoms with Crippen LogP contribution in [-0.4, -0.2) is 6.21 Å². The Labute approximate surface area is 153 Å². The summed E-state index contributed by atoms with van der Waals surface area (Å²) in [6.07, 6.45) is 4.94. The highest BCUT2D eigenvalue weighted by Crippen LogP contribution is 2.44. The molecule has 2 aromatic rings. The van der Waals surface area contributed by atoms with Crippen molar-refractivity contribution in [2.45, 2.75) is 40.0 Å². The van der Waals surface area contributed by atoms with E-state index in [4.69, 9.17) is 5.26 Å². The zero-order valence-corrected chi connectivity index (χ0v) is 15.7. The first kappa shape index (κ1) is 17.4. The summed E-state index contributed by atoms with van der Waals surface area (Å²) in [5.74, 6) is 0.653. The summed E-state index contributed by atoms with van der Waals surface area (Å²) in [4.78, 5) is 5.91. The Hall–Kier alpha value is -2.43. The Morgan fingerprint density at radius 3 is 2.48 bits per heavy atom. The van der Waals surface area contributed by atoms with Crippen molar-refractivity contribution in [1.82, 2.24) is 0 Å². The highest BCUT2D eigenvalue weighted by molar-refractivity contribution is 7.16. The summed E-state index contributed by atoms with van der Waals surface area (Å²) < 4.78 is 0. The predicted octanol–water partition coefficient (Wildman–Crippen LogP) is 5.39. The molecule has 1 aliphatic rings. The minimum absolute atomic E-state index is 0.292. The normalized spacial score (nSPS) is 17.1. The fourth-order valence-corrected chi connectivity index (χ4v) is 4.52. The van der Waals surface area contributed by atoms with E-state index in [-0.39, 0.29) is 0 Å². The van der Waals surface area contributed by atoms with E-state index in [1.807, 2.05) is 12.1 Å². The quantitative estimate of drug-likeness (QED) is 0.683. The summed E-state index contributed by atoms with van der Waals surface area (Å²) in [6, 6.07) is 11.8. The molecule has 0 spiro atoms. The highest BCUT2D eigenvalue weighted by Gasteiger charge is 2.32. The minimum atomic E-state index is 0.292. The Morgan fingerprint density at radius 1 is 1.16 bits per heavy atom. The average molecular weight is 347 g/mol. The zero-order valence-electron chi connectivity index (χ0n) is 14.8. The number of nitrogens with zero attached hydrogens (tertiary/aromatic N) is 3. The summed E-state index contributed by atoms with van der Waals surface area (Å²) in [7, 11) is 0. The van der Waals surface area contributed by atoms with Crippen molar-refractivity contribution >= 4 is 22.6 Å². The molecule has 0 fully saturated rings. The molecule has 1 atom stereocenters. The van der Waals surface area contributed by atoms with Crippen LogP contribution in [0.3, 0.4) is 0 Å². The topological polar surface area (TPSA) is 59.9 Å². The van der Waals surface area contributed by atoms with Crippen LogP contribution < -0.4 is 0 Å². The molecule has 0 saturated heterocycles. The van der Waals surface area contributed by atoms with Gasteiger partial charge in [0.1, 0.15) is 11.1 Å². The maximum Gasteiger partial charge on any atom is 0.134 e. The second kappa shape index (κ2) is 6.82. The van der Waals surface area contributed by atoms with Crippen LogP contribution in [0.4, 0.5) is 5.00 Å². The second-order valence-corrected chi connectivity index (χ2v) is 8.68. The number of aliphatic imine (C=N–C) groups is 1. The van der Waals surface area contributed by atoms with Gasteiger partial charge >= 0.3 is 0 Å². The molecule has 0 amide bonds. The monoisotopic (exact) mass is 347 g/mol. The van der Waals surface area contributed by atoms with E-state index < -0.39 is 0 Å². The van der Waals surface area contributed by atoms with Gasteiger partial charge in [-0.05, 0) is 53.9 Å². The molecule has 0 bridgehead atoms. The SMILES string of the molecule is CC(C)(C)[C@@H]1CCc2c(sc(N=Cc3ccc(C#N)cc3)c2C#N)C1. The first-order valence-electron chi connectivity index (χ1n) is 8.51. The number of hydrogen-bond donors (Lipinski definition) is 0. The van der Waals surface area contributed by atoms with Crippen molar-refractivity contribution in [3.63, 3.8) is 0 Å². The summed E-state index contributed by atoms with van der Waals surface area (Å²) >= 11 is 1.66. The van der Waals surface area contributed by atoms with E-state index in [2.05, 4.69) is 37.9 Å². The molecule has 0 aliphatic heterocycles. The van der Waals surface area contributed by atoms with Gasteiger partial charge in [0.2, 0.25) is 0 Å². The van der Waals surface area contributed by atoms with Gasteiger partial charge in [-0.15, -0.1) is 11.3 Å². The number of nitriles is 2. The Balaban J connectivity index is 1.88. The maximum absolute atomic E-state index is 9.60. The third kappa shape index (κ3) is 3.65. The predicted molar refractivity (Wildman–Crippen MR) is 102 cm³/mol. The molecule has 0 N–H and O–H groups in total. The van der Waals surface area contributed by atoms with Crippen LogP contribution in [0.1, 0.15) is 54.3 Å². The van der Waals surface area contributed by atoms with Crippen LogP contribution in [0, 0.1) is 34.0 Å². The smallest absolute Gasteiger partial charge is 0.134 e. The van der Waals surface area contributed by atoms with E-state index in [0.29, 0.717) is 16.9 Å². The number of benzene rings is 1. The number of hydrogen-bond acceptors (Lipinski definition) is 4. The molecule has 0 radical (unpaired) electrons. The molecule has 25 heavy (non-hydrogen) atoms. The van der Waals surface area contributed by atoms with Crippen LogP contribution in [0.15, 0.2) is 29.3 Å². The lowest BCUT2D eigenvalue weighted by Crippen LogP contribution is -2.26. The van der Waals surface area contributed by atoms with Crippen molar-refractivity contribution in [3.05, 3.63) is 51.4 Å². The molecular weight excluding hydrogens is 326 g/mol. The summed E-state index contributed by atoms with van der Waals surface area (Å²) in [5.41, 5.74) is 3.81. The van der Waals surface area contributed by atoms with E-state index in [0.717, 1.165) is 35.4 Å². The molecule has 1 heterocycles. The van der Waals surface area contributed by atoms with Gasteiger partial charge < -0.3 is 0 Å². The third-order valence-electron chi connectivity index (χ3n) is 4.95. The fourth-order valence-electron chi connectivity index (χ4n) is 3.29. The van der Waals surface area contributed by atoms with Crippen LogP contribution >= 0.6 is 11.3 Å². The summed E-state index contributed by atoms with van der Waals surface area (Å²) in [6.45, 7) is 6.89. The maximum atomic E-state index is 9.60. The van der Waals surface area contributed by atoms with Gasteiger partial charge in [-0.25, -0.2) is 4.99 Å². The molecule has 4 heteroatoms. The molecular formula is C21H21N3S. The largest absolute Gasteiger partial charge is 0.244 e. The lowest BCUT2D eigenvalue weighted by Gasteiger charge is -2.33. The van der Waals surface area contributed by atoms with Gasteiger partial charge in [-0.1, -0.05) is 32.9 Å². The molecule has 0 saturated carbocycles. The molecule has 126 valence electrons. The Morgan fingerprint density at radius 2 is 1.88 bits per heavy atom. The first-order chi connectivity index (χ1) is 11.9. The molecule has 1 aromatic heterocycles. The Kier molecular flexibility index (Phi) is 4.75. The Bertz CT molecular complexity index is 883. The van der Waals surface area contributed by atoms with E-state index in [1.165, 1.54) is 10.4 Å². The minimum Gasteiger partial charge on any atom is -0.244 e. The number of thiophene rings is 1. The van der Waals surface area contributed by atoms with Crippen molar-refractivity contribution in [3.8, 4) is 12.1 Å². The third-order valence-corrected chi connectivity index (χ3v) is 6.12. The van der Waals surface area contributed by atoms with Gasteiger partial charge in [0.15, 0.2) is 0 Å². The standard InChI is InChI=1S/C21H21N3S/c1-21(2,3)16-8-9-17-18(12-23)20(25-19(17)10-16)24-13-15-6-4-14(11-22)5-7-15/h4-7,13,16H,8-10H2,1-3H3/t16-/m1/s1. The fraction of sp³-hybridized carbons (Fsp3) is 0.381. The zero-order chi connectivity index (χ0) is 18.0. The van der Waals surface area contributed by atoms with Gasteiger partial charge in [0, 0.05) is 11.1 Å². The van der Waals surface area contributed by atoms with Crippen LogP contribution in [0.25, 0.3) is 0 Å². The van der Waals surface area contributed by atoms with Gasteiger partial charge in [0.25, 0.3) is 0 Å². The van der Waals surface area contributed by atoms with Gasteiger partial charge in [-0.3, -0.25) is 0 Å². The van der Waals surface area contributed by atoms with Crippen molar-refractivity contribution < 1.29 is 0 Å². The van der Waals surface area contributed by atoms with Crippen LogP contribution in [-0.2, 0) is 12.8 Å². The molecule has 3 nitrogen and oxygen atoms in total. The van der Waals surface area contributed by atoms with Crippen molar-refractivity contribution in [2.75, 3.05) is 0 Å². The van der Waals surface area contributed by atoms with Gasteiger partial charge in [0.05, 0.1) is 17.2 Å². The molecule has 3 rings (SSSR count). The molecule has 1 aromatic carbocycles. The average Bonchev–Trinajstić information content (AvgIpc) is 2.96. The van der Waals surface area contributed by atoms with Crippen LogP contribution in [0.2, 0.25) is 0 Å². The number of fused-ring (bicyclic) bond motifs is 1. The van der Waals surface area contributed by atoms with Crippen molar-refractivity contribution in [1.29, 1.82) is 10.5 Å². The highest BCUT2D eigenvalue weighted by atomic mass is 32.1. The van der Waals surface area contributed by atoms with Crippen LogP contribution in [0.5, 0.6) is 0 Å². The molecule has 0 unspecified atom stereocenters. The lowest BCUT2D eigenvalue weighted by molar-refractivity contribution is 0.218. The second-order valence-electron chi connectivity index (χ2n) is 7.59. The van der Waals surface area contributed by atoms with E-state index in [9.17, 15) is 5.26 Å². The summed E-state index contributed by atoms with van der Waals surface area (Å²) in [5, 5.41) is 19.3. The molecule has 1 aliphatic carbocycles. The lowest BCUT2D eigenvalue weighted by atomic mass is 9.72.